The van der Waals surface area contributed by atoms with Gasteiger partial charge < -0.3 is 9.64 Å². The third-order valence-corrected chi connectivity index (χ3v) is 5.11. The summed E-state index contributed by atoms with van der Waals surface area (Å²) in [5, 5.41) is 10.6. The third-order valence-electron chi connectivity index (χ3n) is 4.25. The van der Waals surface area contributed by atoms with E-state index in [2.05, 4.69) is 22.4 Å². The lowest BCUT2D eigenvalue weighted by Gasteiger charge is -2.33. The number of piperazine rings is 1. The first-order valence-corrected chi connectivity index (χ1v) is 9.44. The van der Waals surface area contributed by atoms with Crippen LogP contribution in [-0.4, -0.2) is 48.5 Å². The maximum absolute atomic E-state index is 12.4. The largest absolute Gasteiger partial charge is 0.479 e. The number of nitriles is 1. The molecular weight excluding hydrogens is 346 g/mol. The first-order chi connectivity index (χ1) is 12.7. The average Bonchev–Trinajstić information content (AvgIpc) is 3.19. The van der Waals surface area contributed by atoms with E-state index < -0.39 is 0 Å². The molecule has 3 rings (SSSR count). The van der Waals surface area contributed by atoms with Gasteiger partial charge in [-0.05, 0) is 35.2 Å². The summed E-state index contributed by atoms with van der Waals surface area (Å²) in [6.07, 6.45) is 3.44. The predicted octanol–water partition coefficient (Wildman–Crippen LogP) is 3.01. The van der Waals surface area contributed by atoms with Crippen molar-refractivity contribution in [2.24, 2.45) is 0 Å². The highest BCUT2D eigenvalue weighted by Crippen LogP contribution is 2.15. The van der Waals surface area contributed by atoms with E-state index in [9.17, 15) is 4.79 Å². The van der Waals surface area contributed by atoms with Gasteiger partial charge in [0, 0.05) is 43.7 Å². The van der Waals surface area contributed by atoms with E-state index in [4.69, 9.17) is 10.00 Å². The Morgan fingerprint density at radius 2 is 1.96 bits per heavy atom. The van der Waals surface area contributed by atoms with Crippen LogP contribution in [0.4, 0.5) is 0 Å². The Morgan fingerprint density at radius 3 is 2.62 bits per heavy atom. The van der Waals surface area contributed by atoms with E-state index >= 15 is 0 Å². The molecule has 0 saturated carbocycles. The SMILES string of the molecule is N#CCOc1ccc(/C=C/C(=O)N2CCN(Cc3cccs3)CC2)cc1. The number of carbonyl (C=O) groups excluding carboxylic acids is 1. The van der Waals surface area contributed by atoms with Crippen LogP contribution >= 0.6 is 11.3 Å². The van der Waals surface area contributed by atoms with E-state index in [-0.39, 0.29) is 12.5 Å². The molecule has 1 amide bonds. The molecule has 0 N–H and O–H groups in total. The number of carbonyl (C=O) groups is 1. The van der Waals surface area contributed by atoms with Crippen molar-refractivity contribution in [1.29, 1.82) is 5.26 Å². The number of nitrogens with zero attached hydrogens (tertiary/aromatic N) is 3. The van der Waals surface area contributed by atoms with Crippen molar-refractivity contribution < 1.29 is 9.53 Å². The molecule has 2 aromatic rings. The zero-order valence-electron chi connectivity index (χ0n) is 14.5. The Morgan fingerprint density at radius 1 is 1.19 bits per heavy atom. The number of amides is 1. The average molecular weight is 367 g/mol. The summed E-state index contributed by atoms with van der Waals surface area (Å²) in [7, 11) is 0. The number of rotatable bonds is 6. The summed E-state index contributed by atoms with van der Waals surface area (Å²) in [4.78, 5) is 18.0. The summed E-state index contributed by atoms with van der Waals surface area (Å²) in [6, 6.07) is 13.5. The molecule has 2 heterocycles. The van der Waals surface area contributed by atoms with Gasteiger partial charge in [0.25, 0.3) is 0 Å². The normalized spacial score (nSPS) is 15.1. The van der Waals surface area contributed by atoms with Crippen molar-refractivity contribution in [3.63, 3.8) is 0 Å². The Balaban J connectivity index is 1.46. The number of hydrogen-bond donors (Lipinski definition) is 0. The summed E-state index contributed by atoms with van der Waals surface area (Å²) in [5.74, 6) is 0.697. The van der Waals surface area contributed by atoms with Gasteiger partial charge in [0.2, 0.25) is 5.91 Å². The summed E-state index contributed by atoms with van der Waals surface area (Å²) in [5.41, 5.74) is 0.930. The van der Waals surface area contributed by atoms with Crippen LogP contribution in [0, 0.1) is 11.3 Å². The maximum Gasteiger partial charge on any atom is 0.246 e. The minimum atomic E-state index is 0.0339. The van der Waals surface area contributed by atoms with Gasteiger partial charge in [-0.15, -0.1) is 11.3 Å². The molecule has 134 valence electrons. The van der Waals surface area contributed by atoms with E-state index in [0.717, 1.165) is 38.3 Å². The maximum atomic E-state index is 12.4. The fraction of sp³-hybridized carbons (Fsp3) is 0.300. The minimum Gasteiger partial charge on any atom is -0.479 e. The zero-order valence-corrected chi connectivity index (χ0v) is 15.3. The summed E-state index contributed by atoms with van der Waals surface area (Å²) < 4.78 is 5.21. The standard InChI is InChI=1S/C20H21N3O2S/c21-9-14-25-18-6-3-17(4-7-18)5-8-20(24)23-12-10-22(11-13-23)16-19-2-1-15-26-19/h1-8,15H,10-14,16H2/b8-5+. The first kappa shape index (κ1) is 18.2. The molecule has 0 spiro atoms. The van der Waals surface area contributed by atoms with Gasteiger partial charge >= 0.3 is 0 Å². The Kier molecular flexibility index (Phi) is 6.42. The molecule has 1 fully saturated rings. The molecular formula is C20H21N3O2S. The van der Waals surface area contributed by atoms with Crippen molar-refractivity contribution in [2.45, 2.75) is 6.54 Å². The van der Waals surface area contributed by atoms with Crippen LogP contribution in [0.5, 0.6) is 5.75 Å². The molecule has 1 aliphatic heterocycles. The molecule has 6 heteroatoms. The molecule has 0 bridgehead atoms. The second kappa shape index (κ2) is 9.18. The molecule has 5 nitrogen and oxygen atoms in total. The van der Waals surface area contributed by atoms with Crippen LogP contribution in [0.3, 0.4) is 0 Å². The van der Waals surface area contributed by atoms with Crippen molar-refractivity contribution in [2.75, 3.05) is 32.8 Å². The Bertz CT molecular complexity index is 770. The van der Waals surface area contributed by atoms with Gasteiger partial charge in [-0.1, -0.05) is 18.2 Å². The minimum absolute atomic E-state index is 0.0339. The molecule has 1 aromatic carbocycles. The number of hydrogen-bond acceptors (Lipinski definition) is 5. The van der Waals surface area contributed by atoms with Crippen LogP contribution in [0.15, 0.2) is 47.9 Å². The van der Waals surface area contributed by atoms with Crippen LogP contribution in [0.25, 0.3) is 6.08 Å². The fourth-order valence-corrected chi connectivity index (χ4v) is 3.56. The van der Waals surface area contributed by atoms with Gasteiger partial charge in [0.05, 0.1) is 0 Å². The zero-order chi connectivity index (χ0) is 18.2. The van der Waals surface area contributed by atoms with Crippen molar-refractivity contribution >= 4 is 23.3 Å². The van der Waals surface area contributed by atoms with E-state index in [1.54, 1.807) is 29.5 Å². The second-order valence-corrected chi connectivity index (χ2v) is 7.06. The lowest BCUT2D eigenvalue weighted by Crippen LogP contribution is -2.47. The molecule has 0 radical (unpaired) electrons. The smallest absolute Gasteiger partial charge is 0.246 e. The first-order valence-electron chi connectivity index (χ1n) is 8.56. The van der Waals surface area contributed by atoms with Crippen molar-refractivity contribution in [3.05, 3.63) is 58.3 Å². The van der Waals surface area contributed by atoms with Gasteiger partial charge in [-0.3, -0.25) is 9.69 Å². The van der Waals surface area contributed by atoms with Crippen LogP contribution in [-0.2, 0) is 11.3 Å². The molecule has 1 aliphatic rings. The summed E-state index contributed by atoms with van der Waals surface area (Å²) in [6.45, 7) is 4.33. The molecule has 1 saturated heterocycles. The highest BCUT2D eigenvalue weighted by atomic mass is 32.1. The van der Waals surface area contributed by atoms with Gasteiger partial charge in [0.15, 0.2) is 6.61 Å². The Labute approximate surface area is 157 Å². The van der Waals surface area contributed by atoms with Gasteiger partial charge in [0.1, 0.15) is 11.8 Å². The van der Waals surface area contributed by atoms with E-state index in [0.29, 0.717) is 5.75 Å². The number of benzene rings is 1. The molecule has 0 unspecified atom stereocenters. The molecule has 1 aromatic heterocycles. The fourth-order valence-electron chi connectivity index (χ4n) is 2.81. The predicted molar refractivity (Wildman–Crippen MR) is 103 cm³/mol. The lowest BCUT2D eigenvalue weighted by molar-refractivity contribution is -0.127. The lowest BCUT2D eigenvalue weighted by atomic mass is 10.2. The number of ether oxygens (including phenoxy) is 1. The second-order valence-electron chi connectivity index (χ2n) is 6.03. The van der Waals surface area contributed by atoms with E-state index in [1.165, 1.54) is 4.88 Å². The van der Waals surface area contributed by atoms with Gasteiger partial charge in [-0.25, -0.2) is 0 Å². The van der Waals surface area contributed by atoms with Crippen molar-refractivity contribution in [3.8, 4) is 11.8 Å². The quantitative estimate of drug-likeness (QED) is 0.737. The van der Waals surface area contributed by atoms with E-state index in [1.807, 2.05) is 29.2 Å². The van der Waals surface area contributed by atoms with Crippen LogP contribution < -0.4 is 4.74 Å². The highest BCUT2D eigenvalue weighted by molar-refractivity contribution is 7.09. The monoisotopic (exact) mass is 367 g/mol. The molecule has 0 atom stereocenters. The topological polar surface area (TPSA) is 56.6 Å². The van der Waals surface area contributed by atoms with Crippen molar-refractivity contribution in [1.82, 2.24) is 9.80 Å². The molecule has 0 aliphatic carbocycles. The third kappa shape index (κ3) is 5.19. The molecule has 26 heavy (non-hydrogen) atoms. The summed E-state index contributed by atoms with van der Waals surface area (Å²) >= 11 is 1.78. The number of thiophene rings is 1. The van der Waals surface area contributed by atoms with Crippen LogP contribution in [0.2, 0.25) is 0 Å². The Hall–Kier alpha value is -2.62. The highest BCUT2D eigenvalue weighted by Gasteiger charge is 2.19. The van der Waals surface area contributed by atoms with Gasteiger partial charge in [-0.2, -0.15) is 5.26 Å². The van der Waals surface area contributed by atoms with Crippen LogP contribution in [0.1, 0.15) is 10.4 Å².